The molecule has 4 aromatic rings. The fraction of sp³-hybridized carbons (Fsp3) is 0.257. The fourth-order valence-corrected chi connectivity index (χ4v) is 5.71. The monoisotopic (exact) mass is 753 g/mol. The summed E-state index contributed by atoms with van der Waals surface area (Å²) in [5.74, 6) is -0.946. The molecule has 0 unspecified atom stereocenters. The van der Waals surface area contributed by atoms with Crippen molar-refractivity contribution in [2.75, 3.05) is 13.1 Å². The molecule has 1 aliphatic rings. The minimum atomic E-state index is -5.01. The molecular formula is C35H24ClF12NO2. The molecule has 0 aromatic heterocycles. The Morgan fingerprint density at radius 2 is 0.882 bits per heavy atom. The molecule has 0 bridgehead atoms. The summed E-state index contributed by atoms with van der Waals surface area (Å²) >= 11 is 4.87. The average molecular weight is 754 g/mol. The van der Waals surface area contributed by atoms with Gasteiger partial charge in [-0.3, -0.25) is 9.59 Å². The van der Waals surface area contributed by atoms with Gasteiger partial charge in [-0.15, -0.1) is 0 Å². The van der Waals surface area contributed by atoms with Crippen LogP contribution in [0.25, 0.3) is 0 Å². The van der Waals surface area contributed by atoms with Crippen molar-refractivity contribution >= 4 is 22.8 Å². The van der Waals surface area contributed by atoms with Crippen LogP contribution in [-0.2, 0) is 24.7 Å². The molecule has 1 saturated heterocycles. The predicted octanol–water partition coefficient (Wildman–Crippen LogP) is 11.2. The summed E-state index contributed by atoms with van der Waals surface area (Å²) in [6.07, 6.45) is -19.5. The number of hydrogen-bond acceptors (Lipinski definition) is 2. The van der Waals surface area contributed by atoms with Crippen LogP contribution in [0.1, 0.15) is 72.4 Å². The number of amides is 1. The van der Waals surface area contributed by atoms with Crippen molar-refractivity contribution in [3.63, 3.8) is 0 Å². The lowest BCUT2D eigenvalue weighted by molar-refractivity contribution is -0.144. The van der Waals surface area contributed by atoms with Gasteiger partial charge >= 0.3 is 24.7 Å². The molecular weight excluding hydrogens is 730 g/mol. The first-order valence-corrected chi connectivity index (χ1v) is 15.1. The molecule has 0 radical (unpaired) electrons. The van der Waals surface area contributed by atoms with Crippen molar-refractivity contribution < 1.29 is 62.3 Å². The maximum absolute atomic E-state index is 13.3. The summed E-state index contributed by atoms with van der Waals surface area (Å²) in [6.45, 7) is 0.402. The molecule has 1 aliphatic heterocycles. The molecule has 3 nitrogen and oxygen atoms in total. The van der Waals surface area contributed by atoms with Crippen LogP contribution >= 0.6 is 11.6 Å². The minimum Gasteiger partial charge on any atom is -0.338 e. The average Bonchev–Trinajstić information content (AvgIpc) is 3.07. The third-order valence-electron chi connectivity index (χ3n) is 8.00. The van der Waals surface area contributed by atoms with Gasteiger partial charge in [0, 0.05) is 30.1 Å². The van der Waals surface area contributed by atoms with Crippen LogP contribution in [-0.4, -0.2) is 29.1 Å². The molecule has 0 saturated carbocycles. The molecule has 5 rings (SSSR count). The van der Waals surface area contributed by atoms with Crippen molar-refractivity contribution in [1.29, 1.82) is 0 Å². The summed E-state index contributed by atoms with van der Waals surface area (Å²) < 4.78 is 153. The van der Waals surface area contributed by atoms with Gasteiger partial charge in [0.05, 0.1) is 22.3 Å². The quantitative estimate of drug-likeness (QED) is 0.154. The maximum Gasteiger partial charge on any atom is 0.416 e. The first-order valence-electron chi connectivity index (χ1n) is 14.7. The zero-order valence-electron chi connectivity index (χ0n) is 25.7. The van der Waals surface area contributed by atoms with Crippen molar-refractivity contribution in [3.8, 4) is 0 Å². The van der Waals surface area contributed by atoms with Crippen LogP contribution < -0.4 is 0 Å². The Morgan fingerprint density at radius 3 is 1.24 bits per heavy atom. The zero-order chi connectivity index (χ0) is 37.9. The maximum atomic E-state index is 13.3. The molecule has 1 heterocycles. The van der Waals surface area contributed by atoms with Gasteiger partial charge < -0.3 is 4.90 Å². The summed E-state index contributed by atoms with van der Waals surface area (Å²) in [5.41, 5.74) is -5.58. The number of benzene rings is 4. The molecule has 16 heteroatoms. The predicted molar refractivity (Wildman–Crippen MR) is 162 cm³/mol. The number of piperidine rings is 1. The lowest BCUT2D eigenvalue weighted by Crippen LogP contribution is -2.42. The van der Waals surface area contributed by atoms with E-state index in [2.05, 4.69) is 0 Å². The number of likely N-dealkylation sites (tertiary alicyclic amines) is 1. The zero-order valence-corrected chi connectivity index (χ0v) is 26.4. The van der Waals surface area contributed by atoms with Crippen LogP contribution in [0.4, 0.5) is 52.7 Å². The van der Waals surface area contributed by atoms with Gasteiger partial charge in [0.15, 0.2) is 0 Å². The van der Waals surface area contributed by atoms with E-state index in [1.165, 1.54) is 4.90 Å². The molecule has 51 heavy (non-hydrogen) atoms. The third-order valence-corrected chi connectivity index (χ3v) is 8.22. The highest BCUT2D eigenvalue weighted by molar-refractivity contribution is 6.67. The first kappa shape index (κ1) is 39.3. The third kappa shape index (κ3) is 10.0. The molecule has 0 spiro atoms. The molecule has 0 N–H and O–H groups in total. The number of halogens is 13. The van der Waals surface area contributed by atoms with Gasteiger partial charge in [0.1, 0.15) is 0 Å². The van der Waals surface area contributed by atoms with E-state index in [1.54, 1.807) is 0 Å². The smallest absolute Gasteiger partial charge is 0.338 e. The van der Waals surface area contributed by atoms with Crippen LogP contribution in [0.5, 0.6) is 0 Å². The number of carbonyl (C=O) groups excluding carboxylic acids is 2. The minimum absolute atomic E-state index is 0.0329. The van der Waals surface area contributed by atoms with E-state index in [0.29, 0.717) is 18.6 Å². The topological polar surface area (TPSA) is 37.4 Å². The van der Waals surface area contributed by atoms with Crippen molar-refractivity contribution in [2.45, 2.75) is 43.0 Å². The number of nitrogens with zero attached hydrogens (tertiary/aromatic N) is 1. The Morgan fingerprint density at radius 1 is 0.529 bits per heavy atom. The second kappa shape index (κ2) is 15.0. The standard InChI is InChI=1S/C26H21F6NO.C9H3ClF6O/c27-25(28,29)20-13-19(14-21(15-20)26(30,31)32)24(34)33-12-11-22(17-7-3-1-4-8-17)23(16-33)18-9-5-2-6-10-18;10-7(17)4-1-5(8(11,12)13)3-6(2-4)9(14,15)16/h1-10,13-15,22-23H,11-12,16H2;1-3H/t22-,23+;/m1./s1. The highest BCUT2D eigenvalue weighted by Gasteiger charge is 2.40. The lowest BCUT2D eigenvalue weighted by Gasteiger charge is -2.39. The SMILES string of the molecule is O=C(Cl)c1cc(C(F)(F)F)cc(C(F)(F)F)c1.O=C(c1cc(C(F)(F)F)cc(C(F)(F)F)c1)N1CC[C@H](c2ccccc2)[C@H](c2ccccc2)C1. The fourth-order valence-electron chi connectivity index (χ4n) is 5.60. The van der Waals surface area contributed by atoms with E-state index >= 15 is 0 Å². The summed E-state index contributed by atoms with van der Waals surface area (Å²) in [5, 5.41) is -1.39. The Labute approximate surface area is 287 Å². The Bertz CT molecular complexity index is 1770. The second-order valence-electron chi connectivity index (χ2n) is 11.4. The lowest BCUT2D eigenvalue weighted by atomic mass is 9.76. The van der Waals surface area contributed by atoms with Crippen LogP contribution in [0.2, 0.25) is 0 Å². The van der Waals surface area contributed by atoms with Gasteiger partial charge in [-0.2, -0.15) is 52.7 Å². The Hall–Kier alpha value is -4.53. The van der Waals surface area contributed by atoms with Crippen LogP contribution in [0, 0.1) is 0 Å². The van der Waals surface area contributed by atoms with E-state index < -0.39 is 69.2 Å². The van der Waals surface area contributed by atoms with Gasteiger partial charge in [0.2, 0.25) is 0 Å². The largest absolute Gasteiger partial charge is 0.416 e. The van der Waals surface area contributed by atoms with Crippen LogP contribution in [0.15, 0.2) is 97.1 Å². The number of rotatable bonds is 4. The number of alkyl halides is 12. The van der Waals surface area contributed by atoms with Crippen molar-refractivity contribution in [1.82, 2.24) is 4.90 Å². The van der Waals surface area contributed by atoms with E-state index in [9.17, 15) is 62.3 Å². The Balaban J connectivity index is 0.000000289. The van der Waals surface area contributed by atoms with Gasteiger partial charge in [0.25, 0.3) is 11.1 Å². The van der Waals surface area contributed by atoms with Crippen molar-refractivity contribution in [3.05, 3.63) is 142 Å². The molecule has 2 atom stereocenters. The molecule has 272 valence electrons. The molecule has 0 aliphatic carbocycles. The van der Waals surface area contributed by atoms with Crippen LogP contribution in [0.3, 0.4) is 0 Å². The number of hydrogen-bond donors (Lipinski definition) is 0. The van der Waals surface area contributed by atoms with Crippen molar-refractivity contribution in [2.24, 2.45) is 0 Å². The van der Waals surface area contributed by atoms with Gasteiger partial charge in [-0.25, -0.2) is 0 Å². The molecule has 1 amide bonds. The van der Waals surface area contributed by atoms with E-state index in [0.717, 1.165) is 11.1 Å². The van der Waals surface area contributed by atoms with Gasteiger partial charge in [-0.05, 0) is 71.5 Å². The second-order valence-corrected chi connectivity index (χ2v) is 11.8. The molecule has 4 aromatic carbocycles. The summed E-state index contributed by atoms with van der Waals surface area (Å²) in [4.78, 5) is 25.2. The summed E-state index contributed by atoms with van der Waals surface area (Å²) in [7, 11) is 0. The normalized spacial score (nSPS) is 17.0. The van der Waals surface area contributed by atoms with Gasteiger partial charge in [-0.1, -0.05) is 60.7 Å². The number of carbonyl (C=O) groups is 2. The first-order chi connectivity index (χ1) is 23.6. The van der Waals surface area contributed by atoms with E-state index in [-0.39, 0.29) is 49.2 Å². The van der Waals surface area contributed by atoms with E-state index in [4.69, 9.17) is 11.6 Å². The highest BCUT2D eigenvalue weighted by atomic mass is 35.5. The van der Waals surface area contributed by atoms with E-state index in [1.807, 2.05) is 60.7 Å². The molecule has 1 fully saturated rings. The highest BCUT2D eigenvalue weighted by Crippen LogP contribution is 2.41. The summed E-state index contributed by atoms with van der Waals surface area (Å²) in [6, 6.07) is 20.6. The Kier molecular flexibility index (Phi) is 11.5.